The highest BCUT2D eigenvalue weighted by Crippen LogP contribution is 2.45. The zero-order valence-electron chi connectivity index (χ0n) is 20.2. The number of aryl methyl sites for hydroxylation is 1. The van der Waals surface area contributed by atoms with Gasteiger partial charge in [-0.3, -0.25) is 14.5 Å². The number of carbonyl (C=O) groups excluding carboxylic acids is 2. The lowest BCUT2D eigenvalue weighted by Gasteiger charge is -2.26. The number of carbonyl (C=O) groups is 2. The minimum atomic E-state index is -0.983. The van der Waals surface area contributed by atoms with Crippen LogP contribution in [0.25, 0.3) is 5.76 Å². The van der Waals surface area contributed by atoms with Crippen LogP contribution in [0, 0.1) is 18.3 Å². The number of nitrogens with zero attached hydrogens (tertiary/aromatic N) is 2. The topological polar surface area (TPSA) is 109 Å². The molecule has 1 atom stereocenters. The Kier molecular flexibility index (Phi) is 6.66. The number of ether oxygens (including phenoxy) is 3. The third kappa shape index (κ3) is 4.12. The smallest absolute Gasteiger partial charge is 0.300 e. The fourth-order valence-electron chi connectivity index (χ4n) is 4.29. The van der Waals surface area contributed by atoms with Gasteiger partial charge in [-0.25, -0.2) is 0 Å². The van der Waals surface area contributed by atoms with Crippen molar-refractivity contribution in [2.24, 2.45) is 0 Å². The van der Waals surface area contributed by atoms with Crippen molar-refractivity contribution >= 4 is 23.1 Å². The van der Waals surface area contributed by atoms with Crippen molar-refractivity contribution in [1.82, 2.24) is 0 Å². The van der Waals surface area contributed by atoms with Gasteiger partial charge in [-0.05, 0) is 61.0 Å². The molecule has 182 valence electrons. The average molecular weight is 485 g/mol. The first-order chi connectivity index (χ1) is 17.3. The van der Waals surface area contributed by atoms with E-state index in [1.165, 1.54) is 26.2 Å². The molecule has 0 bridgehead atoms. The number of ketones is 1. The van der Waals surface area contributed by atoms with E-state index < -0.39 is 17.7 Å². The van der Waals surface area contributed by atoms with Gasteiger partial charge in [0.1, 0.15) is 11.5 Å². The van der Waals surface area contributed by atoms with Crippen molar-refractivity contribution in [1.29, 1.82) is 5.26 Å². The van der Waals surface area contributed by atoms with Gasteiger partial charge in [0.15, 0.2) is 11.5 Å². The molecule has 0 aromatic heterocycles. The third-order valence-electron chi connectivity index (χ3n) is 6.05. The van der Waals surface area contributed by atoms with Gasteiger partial charge in [0.25, 0.3) is 11.7 Å². The van der Waals surface area contributed by atoms with Crippen LogP contribution in [0.5, 0.6) is 17.2 Å². The van der Waals surface area contributed by atoms with Gasteiger partial charge in [0.05, 0.1) is 50.1 Å². The Hall–Kier alpha value is -4.77. The average Bonchev–Trinajstić information content (AvgIpc) is 3.17. The van der Waals surface area contributed by atoms with Gasteiger partial charge in [-0.1, -0.05) is 17.7 Å². The lowest BCUT2D eigenvalue weighted by Crippen LogP contribution is -2.29. The van der Waals surface area contributed by atoms with Crippen molar-refractivity contribution in [3.8, 4) is 23.3 Å². The maximum absolute atomic E-state index is 13.4. The number of Topliss-reactive ketones (excluding diaryl/α,β-unsaturated/α-hetero) is 1. The van der Waals surface area contributed by atoms with Gasteiger partial charge in [-0.15, -0.1) is 0 Å². The number of amides is 1. The molecule has 1 heterocycles. The lowest BCUT2D eigenvalue weighted by molar-refractivity contribution is -0.132. The van der Waals surface area contributed by atoms with E-state index in [1.807, 2.05) is 19.1 Å². The van der Waals surface area contributed by atoms with E-state index >= 15 is 0 Å². The summed E-state index contributed by atoms with van der Waals surface area (Å²) >= 11 is 0. The van der Waals surface area contributed by atoms with Crippen molar-refractivity contribution in [2.75, 3.05) is 26.2 Å². The first-order valence-electron chi connectivity index (χ1n) is 11.0. The maximum atomic E-state index is 13.4. The Morgan fingerprint density at radius 1 is 0.889 bits per heavy atom. The van der Waals surface area contributed by atoms with Crippen LogP contribution in [-0.4, -0.2) is 38.1 Å². The van der Waals surface area contributed by atoms with Crippen LogP contribution in [-0.2, 0) is 9.59 Å². The normalized spacial score (nSPS) is 16.5. The summed E-state index contributed by atoms with van der Waals surface area (Å²) in [6.07, 6.45) is 0. The van der Waals surface area contributed by atoms with E-state index in [-0.39, 0.29) is 11.3 Å². The highest BCUT2D eigenvalue weighted by atomic mass is 16.5. The number of hydrogen-bond donors (Lipinski definition) is 1. The van der Waals surface area contributed by atoms with E-state index in [0.29, 0.717) is 39.6 Å². The largest absolute Gasteiger partial charge is 0.507 e. The number of hydrogen-bond acceptors (Lipinski definition) is 7. The van der Waals surface area contributed by atoms with Crippen molar-refractivity contribution in [3.63, 3.8) is 0 Å². The molecule has 1 saturated heterocycles. The minimum absolute atomic E-state index is 0.0968. The molecular weight excluding hydrogens is 460 g/mol. The van der Waals surface area contributed by atoms with E-state index in [1.54, 1.807) is 54.6 Å². The van der Waals surface area contributed by atoms with E-state index in [4.69, 9.17) is 14.2 Å². The zero-order chi connectivity index (χ0) is 26.0. The SMILES string of the molecule is COc1ccc(C2/C(=C(\O)c3cc(C)ccc3OC)C(=O)C(=O)N2c2ccc(C#N)cc2)cc1OC. The van der Waals surface area contributed by atoms with Crippen LogP contribution < -0.4 is 19.1 Å². The first-order valence-corrected chi connectivity index (χ1v) is 11.0. The first kappa shape index (κ1) is 24.4. The minimum Gasteiger partial charge on any atom is -0.507 e. The molecule has 8 nitrogen and oxygen atoms in total. The quantitative estimate of drug-likeness (QED) is 0.311. The van der Waals surface area contributed by atoms with Crippen LogP contribution in [0.15, 0.2) is 66.2 Å². The van der Waals surface area contributed by atoms with Crippen LogP contribution in [0.1, 0.15) is 28.3 Å². The van der Waals surface area contributed by atoms with Gasteiger partial charge >= 0.3 is 0 Å². The second kappa shape index (κ2) is 9.84. The Labute approximate surface area is 208 Å². The summed E-state index contributed by atoms with van der Waals surface area (Å²) in [7, 11) is 4.45. The summed E-state index contributed by atoms with van der Waals surface area (Å²) in [5.41, 5.74) is 2.35. The van der Waals surface area contributed by atoms with Crippen molar-refractivity contribution in [2.45, 2.75) is 13.0 Å². The van der Waals surface area contributed by atoms with Gasteiger partial charge < -0.3 is 19.3 Å². The highest BCUT2D eigenvalue weighted by molar-refractivity contribution is 6.51. The number of methoxy groups -OCH3 is 3. The molecule has 4 rings (SSSR count). The van der Waals surface area contributed by atoms with Crippen LogP contribution in [0.3, 0.4) is 0 Å². The van der Waals surface area contributed by atoms with E-state index in [2.05, 4.69) is 0 Å². The van der Waals surface area contributed by atoms with Crippen molar-refractivity contribution < 1.29 is 28.9 Å². The van der Waals surface area contributed by atoms with Gasteiger partial charge in [-0.2, -0.15) is 5.26 Å². The van der Waals surface area contributed by atoms with Crippen LogP contribution in [0.4, 0.5) is 5.69 Å². The fraction of sp³-hybridized carbons (Fsp3) is 0.179. The second-order valence-electron chi connectivity index (χ2n) is 8.15. The molecule has 1 amide bonds. The molecule has 0 saturated carbocycles. The molecule has 1 unspecified atom stereocenters. The second-order valence-corrected chi connectivity index (χ2v) is 8.15. The molecule has 36 heavy (non-hydrogen) atoms. The predicted molar refractivity (Wildman–Crippen MR) is 133 cm³/mol. The Balaban J connectivity index is 2.00. The molecule has 3 aromatic rings. The van der Waals surface area contributed by atoms with E-state index in [0.717, 1.165) is 5.56 Å². The van der Waals surface area contributed by atoms with Gasteiger partial charge in [0, 0.05) is 5.69 Å². The number of nitriles is 1. The summed E-state index contributed by atoms with van der Waals surface area (Å²) in [5, 5.41) is 20.6. The molecule has 1 aliphatic rings. The molecular formula is C28H24N2O6. The highest BCUT2D eigenvalue weighted by Gasteiger charge is 2.47. The molecule has 8 heteroatoms. The molecule has 1 N–H and O–H groups in total. The maximum Gasteiger partial charge on any atom is 0.300 e. The van der Waals surface area contributed by atoms with Gasteiger partial charge in [0.2, 0.25) is 0 Å². The molecule has 3 aromatic carbocycles. The lowest BCUT2D eigenvalue weighted by atomic mass is 9.94. The Morgan fingerprint density at radius 3 is 2.14 bits per heavy atom. The Bertz CT molecular complexity index is 1420. The van der Waals surface area contributed by atoms with Crippen LogP contribution >= 0.6 is 0 Å². The summed E-state index contributed by atoms with van der Waals surface area (Å²) in [4.78, 5) is 28.1. The monoisotopic (exact) mass is 484 g/mol. The van der Waals surface area contributed by atoms with E-state index in [9.17, 15) is 20.0 Å². The molecule has 0 aliphatic carbocycles. The number of benzene rings is 3. The molecule has 0 radical (unpaired) electrons. The molecule has 1 fully saturated rings. The molecule has 0 spiro atoms. The number of rotatable bonds is 6. The number of aliphatic hydroxyl groups is 1. The summed E-state index contributed by atoms with van der Waals surface area (Å²) in [6, 6.07) is 17.6. The summed E-state index contributed by atoms with van der Waals surface area (Å²) in [5.74, 6) is -0.795. The zero-order valence-corrected chi connectivity index (χ0v) is 20.2. The number of anilines is 1. The predicted octanol–water partition coefficient (Wildman–Crippen LogP) is 4.52. The van der Waals surface area contributed by atoms with Crippen LogP contribution in [0.2, 0.25) is 0 Å². The Morgan fingerprint density at radius 2 is 1.53 bits per heavy atom. The molecule has 1 aliphatic heterocycles. The number of aliphatic hydroxyl groups excluding tert-OH is 1. The fourth-order valence-corrected chi connectivity index (χ4v) is 4.29. The summed E-state index contributed by atoms with van der Waals surface area (Å²) in [6.45, 7) is 1.84. The van der Waals surface area contributed by atoms with Crippen molar-refractivity contribution in [3.05, 3.63) is 88.5 Å². The third-order valence-corrected chi connectivity index (χ3v) is 6.05. The summed E-state index contributed by atoms with van der Waals surface area (Å²) < 4.78 is 16.2. The standard InChI is InChI=1S/C28H24N2O6/c1-16-5-11-21(34-2)20(13-16)26(31)24-25(18-8-12-22(35-3)23(14-18)36-4)30(28(33)27(24)32)19-9-6-17(15-29)7-10-19/h5-14,25,31H,1-4H3/b26-24+.